The minimum Gasteiger partial charge on any atom is -0.490 e. The van der Waals surface area contributed by atoms with Gasteiger partial charge in [-0.2, -0.15) is 0 Å². The molecule has 2 saturated heterocycles. The lowest BCUT2D eigenvalue weighted by molar-refractivity contribution is -0.146. The van der Waals surface area contributed by atoms with Gasteiger partial charge in [0.15, 0.2) is 0 Å². The molecule has 0 spiro atoms. The predicted molar refractivity (Wildman–Crippen MR) is 137 cm³/mol. The summed E-state index contributed by atoms with van der Waals surface area (Å²) in [5.41, 5.74) is 1.73. The van der Waals surface area contributed by atoms with E-state index in [1.54, 1.807) is 0 Å². The van der Waals surface area contributed by atoms with E-state index in [2.05, 4.69) is 62.1 Å². The zero-order chi connectivity index (χ0) is 23.9. The molecule has 2 atom stereocenters. The molecule has 1 saturated carbocycles. The van der Waals surface area contributed by atoms with Crippen LogP contribution in [0.1, 0.15) is 84.1 Å². The summed E-state index contributed by atoms with van der Waals surface area (Å²) < 4.78 is 6.40. The monoisotopic (exact) mass is 463 g/mol. The van der Waals surface area contributed by atoms with E-state index in [9.17, 15) is 9.90 Å². The van der Waals surface area contributed by atoms with Crippen molar-refractivity contribution in [3.63, 3.8) is 0 Å². The van der Waals surface area contributed by atoms with E-state index in [1.165, 1.54) is 35.6 Å². The molecule has 2 heterocycles. The Bertz CT molecular complexity index is 1000. The molecule has 2 aromatic carbocycles. The number of piperidine rings is 2. The Morgan fingerprint density at radius 3 is 2.24 bits per heavy atom. The maximum Gasteiger partial charge on any atom is 0.306 e. The third kappa shape index (κ3) is 5.12. The molecule has 184 valence electrons. The number of aliphatic carboxylic acids is 1. The zero-order valence-corrected chi connectivity index (χ0v) is 21.1. The van der Waals surface area contributed by atoms with Crippen molar-refractivity contribution in [2.24, 2.45) is 17.3 Å². The molecule has 2 unspecified atom stereocenters. The summed E-state index contributed by atoms with van der Waals surface area (Å²) in [7, 11) is 0. The maximum atomic E-state index is 11.6. The topological polar surface area (TPSA) is 49.8 Å². The van der Waals surface area contributed by atoms with Crippen molar-refractivity contribution in [2.75, 3.05) is 0 Å². The minimum atomic E-state index is -0.609. The second-order valence-corrected chi connectivity index (χ2v) is 12.2. The van der Waals surface area contributed by atoms with E-state index in [0.29, 0.717) is 23.6 Å². The smallest absolute Gasteiger partial charge is 0.306 e. The Labute approximate surface area is 204 Å². The van der Waals surface area contributed by atoms with Crippen molar-refractivity contribution in [1.29, 1.82) is 0 Å². The van der Waals surface area contributed by atoms with Crippen LogP contribution in [0.5, 0.6) is 5.75 Å². The van der Waals surface area contributed by atoms with Gasteiger partial charge in [-0.3, -0.25) is 9.69 Å². The summed E-state index contributed by atoms with van der Waals surface area (Å²) >= 11 is 0. The lowest BCUT2D eigenvalue weighted by Gasteiger charge is -2.48. The second kappa shape index (κ2) is 9.53. The fourth-order valence-electron chi connectivity index (χ4n) is 6.83. The summed E-state index contributed by atoms with van der Waals surface area (Å²) in [6.07, 6.45) is 10.3. The molecule has 34 heavy (non-hydrogen) atoms. The van der Waals surface area contributed by atoms with Crippen molar-refractivity contribution in [3.05, 3.63) is 42.0 Å². The quantitative estimate of drug-likeness (QED) is 0.516. The molecule has 0 aromatic heterocycles. The number of nitrogens with zero attached hydrogens (tertiary/aromatic N) is 1. The lowest BCUT2D eigenvalue weighted by Crippen LogP contribution is -2.52. The fraction of sp³-hybridized carbons (Fsp3) is 0.633. The highest BCUT2D eigenvalue weighted by atomic mass is 16.5. The molecule has 0 amide bonds. The number of fused-ring (bicyclic) bond motifs is 3. The number of ether oxygens (including phenoxy) is 1. The van der Waals surface area contributed by atoms with Crippen LogP contribution in [0.2, 0.25) is 0 Å². The summed E-state index contributed by atoms with van der Waals surface area (Å²) in [5, 5.41) is 12.0. The SMILES string of the molecule is CC(C)(C)[C@H]1CC[C@H](Oc2ccc3cc(CN4C5CCCC4CC(C(=O)O)C5)ccc3c2)CC1. The molecular formula is C30H41NO3. The highest BCUT2D eigenvalue weighted by molar-refractivity contribution is 5.84. The van der Waals surface area contributed by atoms with Crippen LogP contribution in [-0.2, 0) is 11.3 Å². The first-order valence-electron chi connectivity index (χ1n) is 13.4. The molecule has 5 rings (SSSR count). The van der Waals surface area contributed by atoms with Gasteiger partial charge in [-0.25, -0.2) is 0 Å². The van der Waals surface area contributed by atoms with E-state index >= 15 is 0 Å². The largest absolute Gasteiger partial charge is 0.490 e. The van der Waals surface area contributed by atoms with E-state index < -0.39 is 5.97 Å². The molecule has 2 aromatic rings. The van der Waals surface area contributed by atoms with Crippen LogP contribution < -0.4 is 4.74 Å². The summed E-state index contributed by atoms with van der Waals surface area (Å²) in [6.45, 7) is 8.01. The number of rotatable bonds is 5. The molecule has 4 nitrogen and oxygen atoms in total. The first kappa shape index (κ1) is 23.7. The van der Waals surface area contributed by atoms with E-state index in [-0.39, 0.29) is 5.92 Å². The summed E-state index contributed by atoms with van der Waals surface area (Å²) in [6, 6.07) is 14.1. The first-order chi connectivity index (χ1) is 16.3. The van der Waals surface area contributed by atoms with Crippen LogP contribution in [0.25, 0.3) is 10.8 Å². The summed E-state index contributed by atoms with van der Waals surface area (Å²) in [4.78, 5) is 14.2. The van der Waals surface area contributed by atoms with Gasteiger partial charge in [0.25, 0.3) is 0 Å². The van der Waals surface area contributed by atoms with Gasteiger partial charge in [0.2, 0.25) is 0 Å². The highest BCUT2D eigenvalue weighted by Crippen LogP contribution is 2.40. The second-order valence-electron chi connectivity index (χ2n) is 12.2. The molecular weight excluding hydrogens is 422 g/mol. The van der Waals surface area contributed by atoms with Crippen molar-refractivity contribution in [1.82, 2.24) is 4.90 Å². The van der Waals surface area contributed by atoms with Crippen molar-refractivity contribution in [3.8, 4) is 5.75 Å². The van der Waals surface area contributed by atoms with Crippen LogP contribution in [-0.4, -0.2) is 34.2 Å². The Morgan fingerprint density at radius 2 is 1.59 bits per heavy atom. The van der Waals surface area contributed by atoms with Gasteiger partial charge in [0.1, 0.15) is 5.75 Å². The Kier molecular flexibility index (Phi) is 6.63. The van der Waals surface area contributed by atoms with Crippen LogP contribution in [0.4, 0.5) is 0 Å². The lowest BCUT2D eigenvalue weighted by atomic mass is 9.72. The number of hydrogen-bond acceptors (Lipinski definition) is 3. The summed E-state index contributed by atoms with van der Waals surface area (Å²) in [5.74, 6) is 1.02. The third-order valence-electron chi connectivity index (χ3n) is 8.92. The minimum absolute atomic E-state index is 0.162. The first-order valence-corrected chi connectivity index (χ1v) is 13.4. The van der Waals surface area contributed by atoms with E-state index in [1.807, 2.05) is 0 Å². The molecule has 2 bridgehead atoms. The molecule has 3 aliphatic rings. The highest BCUT2D eigenvalue weighted by Gasteiger charge is 2.40. The van der Waals surface area contributed by atoms with Crippen molar-refractivity contribution in [2.45, 2.75) is 103 Å². The van der Waals surface area contributed by atoms with Gasteiger partial charge in [-0.1, -0.05) is 45.4 Å². The van der Waals surface area contributed by atoms with Crippen molar-refractivity contribution < 1.29 is 14.6 Å². The predicted octanol–water partition coefficient (Wildman–Crippen LogP) is 7.04. The van der Waals surface area contributed by atoms with Crippen LogP contribution >= 0.6 is 0 Å². The van der Waals surface area contributed by atoms with Gasteiger partial charge in [0, 0.05) is 18.6 Å². The Balaban J connectivity index is 1.23. The van der Waals surface area contributed by atoms with E-state index in [0.717, 1.165) is 56.7 Å². The van der Waals surface area contributed by atoms with Crippen molar-refractivity contribution >= 4 is 16.7 Å². The number of carbonyl (C=O) groups is 1. The Morgan fingerprint density at radius 1 is 0.941 bits per heavy atom. The van der Waals surface area contributed by atoms with Gasteiger partial charge < -0.3 is 9.84 Å². The van der Waals surface area contributed by atoms with Gasteiger partial charge >= 0.3 is 5.97 Å². The molecule has 4 heteroatoms. The fourth-order valence-corrected chi connectivity index (χ4v) is 6.83. The van der Waals surface area contributed by atoms with Crippen LogP contribution in [0.3, 0.4) is 0 Å². The molecule has 3 fully saturated rings. The third-order valence-corrected chi connectivity index (χ3v) is 8.92. The molecule has 1 N–H and O–H groups in total. The number of carboxylic acids is 1. The van der Waals surface area contributed by atoms with Gasteiger partial charge in [-0.05, 0) is 97.2 Å². The average Bonchev–Trinajstić information content (AvgIpc) is 2.78. The zero-order valence-electron chi connectivity index (χ0n) is 21.1. The number of carboxylic acid groups (broad SMARTS) is 1. The van der Waals surface area contributed by atoms with E-state index in [4.69, 9.17) is 4.74 Å². The standard InChI is InChI=1S/C30H41NO3/c1-30(2,3)24-10-13-27(14-11-24)34-28-12-9-21-15-20(7-8-22(21)18-28)19-31-25-5-4-6-26(31)17-23(16-25)29(32)33/h7-9,12,15,18,23-27H,4-6,10-11,13-14,16-17,19H2,1-3H3,(H,32,33)/t23?,24-,25?,26?,27-. The number of benzene rings is 2. The van der Waals surface area contributed by atoms with Gasteiger partial charge in [0.05, 0.1) is 12.0 Å². The van der Waals surface area contributed by atoms with Crippen LogP contribution in [0.15, 0.2) is 36.4 Å². The normalized spacial score (nSPS) is 30.3. The molecule has 2 aliphatic heterocycles. The molecule has 1 aliphatic carbocycles. The average molecular weight is 464 g/mol. The number of hydrogen-bond donors (Lipinski definition) is 1. The maximum absolute atomic E-state index is 11.6. The van der Waals surface area contributed by atoms with Crippen LogP contribution in [0, 0.1) is 17.3 Å². The Hall–Kier alpha value is -2.07. The molecule has 0 radical (unpaired) electrons. The van der Waals surface area contributed by atoms with Gasteiger partial charge in [-0.15, -0.1) is 0 Å².